The molecule has 2 nitrogen and oxygen atoms in total. The maximum atomic E-state index is 4.20. The Morgan fingerprint density at radius 3 is 2.91 bits per heavy atom. The Labute approximate surface area is 66.0 Å². The van der Waals surface area contributed by atoms with E-state index in [9.17, 15) is 0 Å². The lowest BCUT2D eigenvalue weighted by molar-refractivity contribution is 1.05. The zero-order valence-electron chi connectivity index (χ0n) is 6.25. The first-order valence-corrected chi connectivity index (χ1v) is 3.72. The molecule has 0 aromatic carbocycles. The van der Waals surface area contributed by atoms with E-state index in [-0.39, 0.29) is 0 Å². The average molecular weight is 146 g/mol. The summed E-state index contributed by atoms with van der Waals surface area (Å²) in [6.45, 7) is 4.74. The lowest BCUT2D eigenvalue weighted by Gasteiger charge is -1.95. The van der Waals surface area contributed by atoms with Crippen LogP contribution in [0.2, 0.25) is 0 Å². The zero-order valence-corrected chi connectivity index (χ0v) is 6.25. The standard InChI is InChI=1S/C9H10N2/c1-2-8-4-3-7(5-10-8)9-6-11-9/h2-5,9,11H,1,6H2/t9-/m0/s1. The van der Waals surface area contributed by atoms with Gasteiger partial charge in [0.25, 0.3) is 0 Å². The zero-order chi connectivity index (χ0) is 7.68. The van der Waals surface area contributed by atoms with Crippen LogP contribution in [0, 0.1) is 0 Å². The normalized spacial score (nSPS) is 21.3. The minimum atomic E-state index is 0.557. The topological polar surface area (TPSA) is 34.8 Å². The van der Waals surface area contributed by atoms with Gasteiger partial charge in [-0.15, -0.1) is 0 Å². The van der Waals surface area contributed by atoms with Crippen LogP contribution in [0.15, 0.2) is 24.9 Å². The highest BCUT2D eigenvalue weighted by Crippen LogP contribution is 2.20. The molecule has 0 aliphatic carbocycles. The molecule has 11 heavy (non-hydrogen) atoms. The van der Waals surface area contributed by atoms with Crippen molar-refractivity contribution in [3.63, 3.8) is 0 Å². The van der Waals surface area contributed by atoms with Crippen molar-refractivity contribution >= 4 is 6.08 Å². The monoisotopic (exact) mass is 146 g/mol. The smallest absolute Gasteiger partial charge is 0.0623 e. The van der Waals surface area contributed by atoms with E-state index in [0.717, 1.165) is 12.2 Å². The Kier molecular flexibility index (Phi) is 1.47. The number of nitrogens with zero attached hydrogens (tertiary/aromatic N) is 1. The molecular formula is C9H10N2. The van der Waals surface area contributed by atoms with Gasteiger partial charge in [-0.2, -0.15) is 0 Å². The van der Waals surface area contributed by atoms with Gasteiger partial charge < -0.3 is 5.32 Å². The van der Waals surface area contributed by atoms with Gasteiger partial charge in [-0.3, -0.25) is 4.98 Å². The second kappa shape index (κ2) is 2.47. The molecule has 1 aromatic rings. The average Bonchev–Trinajstić information content (AvgIpc) is 2.87. The fraction of sp³-hybridized carbons (Fsp3) is 0.222. The van der Waals surface area contributed by atoms with E-state index in [4.69, 9.17) is 0 Å². The molecule has 0 unspecified atom stereocenters. The third-order valence-corrected chi connectivity index (χ3v) is 1.83. The molecular weight excluding hydrogens is 136 g/mol. The summed E-state index contributed by atoms with van der Waals surface area (Å²) >= 11 is 0. The molecule has 1 aromatic heterocycles. The van der Waals surface area contributed by atoms with Gasteiger partial charge in [0.2, 0.25) is 0 Å². The molecule has 1 aliphatic heterocycles. The number of rotatable bonds is 2. The SMILES string of the molecule is C=Cc1ccc([C@@H]2CN2)cn1. The molecule has 2 rings (SSSR count). The molecule has 1 N–H and O–H groups in total. The van der Waals surface area contributed by atoms with Crippen LogP contribution in [0.3, 0.4) is 0 Å². The van der Waals surface area contributed by atoms with Crippen LogP contribution in [0.25, 0.3) is 6.08 Å². The van der Waals surface area contributed by atoms with Gasteiger partial charge in [-0.1, -0.05) is 12.6 Å². The van der Waals surface area contributed by atoms with Crippen molar-refractivity contribution in [1.82, 2.24) is 10.3 Å². The van der Waals surface area contributed by atoms with E-state index in [1.165, 1.54) is 5.56 Å². The molecule has 2 heterocycles. The molecule has 56 valence electrons. The van der Waals surface area contributed by atoms with Gasteiger partial charge in [-0.25, -0.2) is 0 Å². The summed E-state index contributed by atoms with van der Waals surface area (Å²) in [5.74, 6) is 0. The Bertz CT molecular complexity index is 259. The van der Waals surface area contributed by atoms with Gasteiger partial charge in [0, 0.05) is 18.8 Å². The first-order chi connectivity index (χ1) is 5.40. The fourth-order valence-electron chi connectivity index (χ4n) is 1.04. The lowest BCUT2D eigenvalue weighted by atomic mass is 10.2. The van der Waals surface area contributed by atoms with E-state index < -0.39 is 0 Å². The minimum Gasteiger partial charge on any atom is -0.307 e. The number of hydrogen-bond donors (Lipinski definition) is 1. The van der Waals surface area contributed by atoms with Crippen molar-refractivity contribution in [2.45, 2.75) is 6.04 Å². The molecule has 0 amide bonds. The van der Waals surface area contributed by atoms with Crippen LogP contribution in [-0.2, 0) is 0 Å². The number of nitrogens with one attached hydrogen (secondary N) is 1. The molecule has 0 spiro atoms. The fourth-order valence-corrected chi connectivity index (χ4v) is 1.04. The molecule has 0 saturated carbocycles. The van der Waals surface area contributed by atoms with Crippen molar-refractivity contribution in [2.75, 3.05) is 6.54 Å². The Morgan fingerprint density at radius 1 is 1.64 bits per heavy atom. The molecule has 2 heteroatoms. The van der Waals surface area contributed by atoms with Gasteiger partial charge in [0.15, 0.2) is 0 Å². The predicted octanol–water partition coefficient (Wildman–Crippen LogP) is 1.37. The predicted molar refractivity (Wildman–Crippen MR) is 45.1 cm³/mol. The largest absolute Gasteiger partial charge is 0.307 e. The van der Waals surface area contributed by atoms with Crippen LogP contribution in [0.1, 0.15) is 17.3 Å². The van der Waals surface area contributed by atoms with Crippen LogP contribution >= 0.6 is 0 Å². The molecule has 1 atom stereocenters. The molecule has 0 radical (unpaired) electrons. The third-order valence-electron chi connectivity index (χ3n) is 1.83. The van der Waals surface area contributed by atoms with Gasteiger partial charge in [-0.05, 0) is 17.7 Å². The van der Waals surface area contributed by atoms with Crippen LogP contribution in [-0.4, -0.2) is 11.5 Å². The van der Waals surface area contributed by atoms with E-state index >= 15 is 0 Å². The Hall–Kier alpha value is -1.15. The van der Waals surface area contributed by atoms with Crippen LogP contribution in [0.4, 0.5) is 0 Å². The van der Waals surface area contributed by atoms with Crippen molar-refractivity contribution < 1.29 is 0 Å². The van der Waals surface area contributed by atoms with Crippen molar-refractivity contribution in [3.8, 4) is 0 Å². The second-order valence-corrected chi connectivity index (χ2v) is 2.68. The molecule has 0 bridgehead atoms. The van der Waals surface area contributed by atoms with E-state index in [1.807, 2.05) is 12.3 Å². The summed E-state index contributed by atoms with van der Waals surface area (Å²) in [5, 5.41) is 3.22. The van der Waals surface area contributed by atoms with E-state index in [0.29, 0.717) is 6.04 Å². The van der Waals surface area contributed by atoms with Crippen LogP contribution in [0.5, 0.6) is 0 Å². The highest BCUT2D eigenvalue weighted by molar-refractivity contribution is 5.41. The maximum absolute atomic E-state index is 4.20. The summed E-state index contributed by atoms with van der Waals surface area (Å²) in [4.78, 5) is 4.20. The first kappa shape index (κ1) is 6.55. The summed E-state index contributed by atoms with van der Waals surface area (Å²) in [6, 6.07) is 4.64. The number of aromatic nitrogens is 1. The second-order valence-electron chi connectivity index (χ2n) is 2.68. The Balaban J connectivity index is 2.25. The van der Waals surface area contributed by atoms with E-state index in [1.54, 1.807) is 6.08 Å². The van der Waals surface area contributed by atoms with Gasteiger partial charge in [0.1, 0.15) is 0 Å². The molecule has 1 aliphatic rings. The summed E-state index contributed by atoms with van der Waals surface area (Å²) in [5.41, 5.74) is 2.21. The number of pyridine rings is 1. The van der Waals surface area contributed by atoms with Crippen molar-refractivity contribution in [3.05, 3.63) is 36.2 Å². The van der Waals surface area contributed by atoms with E-state index in [2.05, 4.69) is 22.9 Å². The van der Waals surface area contributed by atoms with Gasteiger partial charge >= 0.3 is 0 Å². The summed E-state index contributed by atoms with van der Waals surface area (Å²) in [6.07, 6.45) is 3.66. The quantitative estimate of drug-likeness (QED) is 0.639. The highest BCUT2D eigenvalue weighted by atomic mass is 15.1. The minimum absolute atomic E-state index is 0.557. The van der Waals surface area contributed by atoms with Crippen molar-refractivity contribution in [1.29, 1.82) is 0 Å². The van der Waals surface area contributed by atoms with Crippen molar-refractivity contribution in [2.24, 2.45) is 0 Å². The first-order valence-electron chi connectivity index (χ1n) is 3.72. The third kappa shape index (κ3) is 1.30. The summed E-state index contributed by atoms with van der Waals surface area (Å²) in [7, 11) is 0. The highest BCUT2D eigenvalue weighted by Gasteiger charge is 2.21. The molecule has 1 saturated heterocycles. The number of hydrogen-bond acceptors (Lipinski definition) is 2. The summed E-state index contributed by atoms with van der Waals surface area (Å²) < 4.78 is 0. The molecule has 1 fully saturated rings. The lowest BCUT2D eigenvalue weighted by Crippen LogP contribution is -1.86. The maximum Gasteiger partial charge on any atom is 0.0623 e. The van der Waals surface area contributed by atoms with Gasteiger partial charge in [0.05, 0.1) is 5.69 Å². The van der Waals surface area contributed by atoms with Crippen LogP contribution < -0.4 is 5.32 Å². The Morgan fingerprint density at radius 2 is 2.45 bits per heavy atom.